The topological polar surface area (TPSA) is 143 Å². The molecule has 0 aliphatic carbocycles. The van der Waals surface area contributed by atoms with Crippen LogP contribution in [0.4, 0.5) is 10.2 Å². The van der Waals surface area contributed by atoms with Crippen molar-refractivity contribution in [2.45, 2.75) is 0 Å². The average molecular weight is 401 g/mol. The van der Waals surface area contributed by atoms with Crippen LogP contribution in [0.15, 0.2) is 21.4 Å². The van der Waals surface area contributed by atoms with E-state index >= 15 is 0 Å². The van der Waals surface area contributed by atoms with Crippen LogP contribution in [0.5, 0.6) is 5.75 Å². The summed E-state index contributed by atoms with van der Waals surface area (Å²) in [6.45, 7) is 0. The number of ether oxygens (including phenoxy) is 1. The lowest BCUT2D eigenvalue weighted by molar-refractivity contribution is 0.0695. The van der Waals surface area contributed by atoms with Gasteiger partial charge in [-0.05, 0) is 28.1 Å². The summed E-state index contributed by atoms with van der Waals surface area (Å²) in [4.78, 5) is 36.9. The van der Waals surface area contributed by atoms with Gasteiger partial charge in [0, 0.05) is 11.1 Å². The van der Waals surface area contributed by atoms with Crippen LogP contribution in [0.3, 0.4) is 0 Å². The molecule has 1 heterocycles. The molecule has 0 unspecified atom stereocenters. The van der Waals surface area contributed by atoms with Crippen molar-refractivity contribution in [3.63, 3.8) is 0 Å². The van der Waals surface area contributed by atoms with E-state index in [1.807, 2.05) is 4.98 Å². The molecule has 24 heavy (non-hydrogen) atoms. The number of carboxylic acid groups (broad SMARTS) is 2. The Labute approximate surface area is 141 Å². The number of H-pyrrole nitrogens is 1. The Kier molecular flexibility index (Phi) is 4.60. The standard InChI is InChI=1S/C14H10BrFN2O6/c1-24-10-4(2-3-5(16)9(10)15)6-7(13(20)21)11(17)18-12(19)8(6)14(22)23/h2-3H,1H3,(H,20,21)(H,22,23)(H3,17,18,19). The van der Waals surface area contributed by atoms with E-state index in [2.05, 4.69) is 15.9 Å². The number of hydrogen-bond acceptors (Lipinski definition) is 5. The maximum absolute atomic E-state index is 13.7. The van der Waals surface area contributed by atoms with E-state index in [0.717, 1.165) is 12.1 Å². The zero-order valence-corrected chi connectivity index (χ0v) is 13.6. The summed E-state index contributed by atoms with van der Waals surface area (Å²) in [5.41, 5.74) is 2.36. The largest absolute Gasteiger partial charge is 0.495 e. The summed E-state index contributed by atoms with van der Waals surface area (Å²) in [6, 6.07) is 2.07. The maximum Gasteiger partial charge on any atom is 0.342 e. The Morgan fingerprint density at radius 1 is 1.25 bits per heavy atom. The van der Waals surface area contributed by atoms with Gasteiger partial charge in [-0.15, -0.1) is 0 Å². The first-order chi connectivity index (χ1) is 11.2. The summed E-state index contributed by atoms with van der Waals surface area (Å²) in [7, 11) is 1.18. The van der Waals surface area contributed by atoms with Crippen molar-refractivity contribution in [1.82, 2.24) is 4.98 Å². The van der Waals surface area contributed by atoms with Crippen LogP contribution in [0, 0.1) is 5.82 Å². The molecule has 0 saturated carbocycles. The normalized spacial score (nSPS) is 10.5. The molecule has 0 bridgehead atoms. The van der Waals surface area contributed by atoms with E-state index in [9.17, 15) is 29.0 Å². The molecular weight excluding hydrogens is 391 g/mol. The van der Waals surface area contributed by atoms with Crippen molar-refractivity contribution in [3.8, 4) is 16.9 Å². The van der Waals surface area contributed by atoms with Gasteiger partial charge in [-0.2, -0.15) is 0 Å². The fraction of sp³-hybridized carbons (Fsp3) is 0.0714. The number of carboxylic acids is 2. The first kappa shape index (κ1) is 17.5. The van der Waals surface area contributed by atoms with Crippen molar-refractivity contribution in [1.29, 1.82) is 0 Å². The monoisotopic (exact) mass is 400 g/mol. The van der Waals surface area contributed by atoms with Crippen molar-refractivity contribution in [2.75, 3.05) is 12.8 Å². The summed E-state index contributed by atoms with van der Waals surface area (Å²) in [6.07, 6.45) is 0. The molecule has 5 N–H and O–H groups in total. The number of anilines is 1. The van der Waals surface area contributed by atoms with Crippen LogP contribution in [0.2, 0.25) is 0 Å². The van der Waals surface area contributed by atoms with Crippen LogP contribution in [0.25, 0.3) is 11.1 Å². The number of hydrogen-bond donors (Lipinski definition) is 4. The van der Waals surface area contributed by atoms with Gasteiger partial charge in [0.2, 0.25) is 0 Å². The number of aromatic nitrogens is 1. The molecule has 10 heteroatoms. The molecule has 0 aliphatic rings. The van der Waals surface area contributed by atoms with E-state index in [4.69, 9.17) is 10.5 Å². The van der Waals surface area contributed by atoms with Crippen LogP contribution in [-0.4, -0.2) is 34.2 Å². The summed E-state index contributed by atoms with van der Waals surface area (Å²) in [5, 5.41) is 18.7. The van der Waals surface area contributed by atoms with Gasteiger partial charge in [-0.1, -0.05) is 0 Å². The number of aromatic amines is 1. The second kappa shape index (κ2) is 6.32. The number of halogens is 2. The van der Waals surface area contributed by atoms with E-state index in [0.29, 0.717) is 0 Å². The predicted octanol–water partition coefficient (Wildman–Crippen LogP) is 1.93. The third-order valence-corrected chi connectivity index (χ3v) is 3.93. The number of nitrogens with one attached hydrogen (secondary N) is 1. The lowest BCUT2D eigenvalue weighted by atomic mass is 9.94. The molecule has 2 rings (SSSR count). The van der Waals surface area contributed by atoms with E-state index in [1.165, 1.54) is 7.11 Å². The van der Waals surface area contributed by atoms with E-state index in [1.54, 1.807) is 0 Å². The molecule has 0 saturated heterocycles. The number of aromatic carboxylic acids is 2. The fourth-order valence-electron chi connectivity index (χ4n) is 2.24. The Morgan fingerprint density at radius 3 is 2.33 bits per heavy atom. The van der Waals surface area contributed by atoms with Crippen molar-refractivity contribution < 1.29 is 28.9 Å². The third-order valence-electron chi connectivity index (χ3n) is 3.20. The van der Waals surface area contributed by atoms with Gasteiger partial charge in [0.05, 0.1) is 11.6 Å². The summed E-state index contributed by atoms with van der Waals surface area (Å²) in [5.74, 6) is -4.66. The van der Waals surface area contributed by atoms with Gasteiger partial charge in [0.25, 0.3) is 5.56 Å². The highest BCUT2D eigenvalue weighted by atomic mass is 79.9. The van der Waals surface area contributed by atoms with Crippen LogP contribution in [0.1, 0.15) is 20.7 Å². The van der Waals surface area contributed by atoms with Gasteiger partial charge in [-0.25, -0.2) is 14.0 Å². The highest BCUT2D eigenvalue weighted by Gasteiger charge is 2.29. The minimum Gasteiger partial charge on any atom is -0.495 e. The summed E-state index contributed by atoms with van der Waals surface area (Å²) < 4.78 is 18.6. The molecule has 0 amide bonds. The molecule has 0 atom stereocenters. The van der Waals surface area contributed by atoms with Crippen LogP contribution < -0.4 is 16.0 Å². The molecule has 0 spiro atoms. The van der Waals surface area contributed by atoms with Gasteiger partial charge in [-0.3, -0.25) is 4.79 Å². The average Bonchev–Trinajstić information content (AvgIpc) is 2.48. The fourth-order valence-corrected chi connectivity index (χ4v) is 2.75. The molecule has 0 radical (unpaired) electrons. The molecule has 126 valence electrons. The predicted molar refractivity (Wildman–Crippen MR) is 85.0 cm³/mol. The van der Waals surface area contributed by atoms with Crippen LogP contribution in [-0.2, 0) is 0 Å². The molecule has 2 aromatic rings. The lowest BCUT2D eigenvalue weighted by Crippen LogP contribution is -2.24. The molecular formula is C14H10BrFN2O6. The third kappa shape index (κ3) is 2.71. The highest BCUT2D eigenvalue weighted by molar-refractivity contribution is 9.10. The number of benzene rings is 1. The van der Waals surface area contributed by atoms with Crippen LogP contribution >= 0.6 is 15.9 Å². The summed E-state index contributed by atoms with van der Waals surface area (Å²) >= 11 is 2.94. The number of methoxy groups -OCH3 is 1. The Balaban J connectivity index is 3.09. The van der Waals surface area contributed by atoms with E-state index < -0.39 is 45.8 Å². The smallest absolute Gasteiger partial charge is 0.342 e. The molecule has 0 aliphatic heterocycles. The van der Waals surface area contributed by atoms with Gasteiger partial charge >= 0.3 is 11.9 Å². The maximum atomic E-state index is 13.7. The Hall–Kier alpha value is -2.88. The number of carbonyl (C=O) groups is 2. The number of rotatable bonds is 4. The van der Waals surface area contributed by atoms with Crippen molar-refractivity contribution >= 4 is 33.7 Å². The Bertz CT molecular complexity index is 924. The van der Waals surface area contributed by atoms with Gasteiger partial charge in [0.1, 0.15) is 28.5 Å². The van der Waals surface area contributed by atoms with Gasteiger partial charge in [0.15, 0.2) is 0 Å². The quantitative estimate of drug-likeness (QED) is 0.613. The second-order valence-corrected chi connectivity index (χ2v) is 5.34. The first-order valence-corrected chi connectivity index (χ1v) is 7.04. The molecule has 1 aromatic carbocycles. The number of nitrogens with two attached hydrogens (primary N) is 1. The minimum absolute atomic E-state index is 0.113. The van der Waals surface area contributed by atoms with Crippen molar-refractivity contribution in [3.05, 3.63) is 43.9 Å². The SMILES string of the molecule is COc1c(-c2c(C(=O)O)c(N)[nH]c(=O)c2C(=O)O)ccc(F)c1Br. The molecule has 8 nitrogen and oxygen atoms in total. The second-order valence-electron chi connectivity index (χ2n) is 4.55. The number of pyridine rings is 1. The Morgan fingerprint density at radius 2 is 1.83 bits per heavy atom. The molecule has 0 fully saturated rings. The zero-order valence-electron chi connectivity index (χ0n) is 12.0. The highest BCUT2D eigenvalue weighted by Crippen LogP contribution is 2.41. The first-order valence-electron chi connectivity index (χ1n) is 6.25. The minimum atomic E-state index is -1.67. The zero-order chi connectivity index (χ0) is 18.2. The van der Waals surface area contributed by atoms with Gasteiger partial charge < -0.3 is 25.7 Å². The number of nitrogen functional groups attached to an aromatic ring is 1. The van der Waals surface area contributed by atoms with E-state index in [-0.39, 0.29) is 15.8 Å². The molecule has 1 aromatic heterocycles. The van der Waals surface area contributed by atoms with Crippen molar-refractivity contribution in [2.24, 2.45) is 0 Å². The lowest BCUT2D eigenvalue weighted by Gasteiger charge is -2.16.